The van der Waals surface area contributed by atoms with E-state index in [9.17, 15) is 9.59 Å². The molecular weight excluding hydrogens is 252 g/mol. The molecule has 0 aliphatic heterocycles. The molecule has 0 aromatic heterocycles. The number of hydrogen-bond donors (Lipinski definition) is 1. The summed E-state index contributed by atoms with van der Waals surface area (Å²) in [7, 11) is 0. The Bertz CT molecular complexity index is 630. The third-order valence-electron chi connectivity index (χ3n) is 3.20. The number of rotatable bonds is 5. The highest BCUT2D eigenvalue weighted by Crippen LogP contribution is 2.18. The number of carbonyl (C=O) groups is 2. The molecule has 0 saturated heterocycles. The van der Waals surface area contributed by atoms with Crippen molar-refractivity contribution in [3.63, 3.8) is 0 Å². The zero-order valence-corrected chi connectivity index (χ0v) is 11.3. The van der Waals surface area contributed by atoms with Gasteiger partial charge in [0.2, 0.25) is 0 Å². The summed E-state index contributed by atoms with van der Waals surface area (Å²) >= 11 is 0. The van der Waals surface area contributed by atoms with Crippen LogP contribution in [0.15, 0.2) is 48.5 Å². The molecule has 0 saturated carbocycles. The second kappa shape index (κ2) is 6.15. The maximum absolute atomic E-state index is 12.5. The highest BCUT2D eigenvalue weighted by Gasteiger charge is 2.15. The van der Waals surface area contributed by atoms with E-state index in [-0.39, 0.29) is 12.2 Å². The number of ketones is 1. The molecule has 0 aliphatic carbocycles. The lowest BCUT2D eigenvalue weighted by molar-refractivity contribution is -0.136. The molecule has 2 aromatic carbocycles. The number of aliphatic carboxylic acids is 1. The van der Waals surface area contributed by atoms with Gasteiger partial charge < -0.3 is 5.11 Å². The van der Waals surface area contributed by atoms with E-state index in [1.54, 1.807) is 36.4 Å². The molecule has 0 atom stereocenters. The van der Waals surface area contributed by atoms with Crippen LogP contribution in [-0.4, -0.2) is 16.9 Å². The first-order chi connectivity index (χ1) is 9.61. The van der Waals surface area contributed by atoms with Crippen LogP contribution < -0.4 is 0 Å². The zero-order valence-electron chi connectivity index (χ0n) is 11.3. The first-order valence-corrected chi connectivity index (χ1v) is 6.55. The standard InChI is InChI=1S/C17H16O3/c1-2-12-8-9-14(11-16(18)19)15(10-12)17(20)13-6-4-3-5-7-13/h3-10H,2,11H2,1H3,(H,18,19). The molecule has 0 amide bonds. The van der Waals surface area contributed by atoms with Crippen LogP contribution in [0.1, 0.15) is 34.0 Å². The van der Waals surface area contributed by atoms with Gasteiger partial charge in [-0.05, 0) is 23.6 Å². The lowest BCUT2D eigenvalue weighted by Gasteiger charge is -2.09. The predicted molar refractivity (Wildman–Crippen MR) is 77.0 cm³/mol. The maximum Gasteiger partial charge on any atom is 0.307 e. The van der Waals surface area contributed by atoms with Gasteiger partial charge in [-0.15, -0.1) is 0 Å². The van der Waals surface area contributed by atoms with Gasteiger partial charge in [-0.2, -0.15) is 0 Å². The summed E-state index contributed by atoms with van der Waals surface area (Å²) in [5, 5.41) is 8.96. The fourth-order valence-corrected chi connectivity index (χ4v) is 2.12. The quantitative estimate of drug-likeness (QED) is 0.848. The van der Waals surface area contributed by atoms with E-state index in [4.69, 9.17) is 5.11 Å². The molecular formula is C17H16O3. The second-order valence-electron chi connectivity index (χ2n) is 4.61. The third kappa shape index (κ3) is 3.12. The third-order valence-corrected chi connectivity index (χ3v) is 3.20. The summed E-state index contributed by atoms with van der Waals surface area (Å²) in [6.45, 7) is 2.00. The van der Waals surface area contributed by atoms with Gasteiger partial charge in [-0.25, -0.2) is 0 Å². The van der Waals surface area contributed by atoms with Gasteiger partial charge in [-0.1, -0.05) is 49.4 Å². The largest absolute Gasteiger partial charge is 0.481 e. The van der Waals surface area contributed by atoms with E-state index in [2.05, 4.69) is 0 Å². The number of carboxylic acids is 1. The molecule has 0 heterocycles. The molecule has 2 aromatic rings. The molecule has 3 heteroatoms. The fourth-order valence-electron chi connectivity index (χ4n) is 2.12. The summed E-state index contributed by atoms with van der Waals surface area (Å²) in [5.41, 5.74) is 2.65. The lowest BCUT2D eigenvalue weighted by Crippen LogP contribution is -2.10. The molecule has 1 N–H and O–H groups in total. The highest BCUT2D eigenvalue weighted by atomic mass is 16.4. The minimum absolute atomic E-state index is 0.128. The van der Waals surface area contributed by atoms with Crippen LogP contribution in [0.4, 0.5) is 0 Å². The summed E-state index contributed by atoms with van der Waals surface area (Å²) < 4.78 is 0. The molecule has 0 fully saturated rings. The van der Waals surface area contributed by atoms with Crippen molar-refractivity contribution < 1.29 is 14.7 Å². The summed E-state index contributed by atoms with van der Waals surface area (Å²) in [6, 6.07) is 14.3. The molecule has 0 aliphatic rings. The van der Waals surface area contributed by atoms with Gasteiger partial charge >= 0.3 is 5.97 Å². The number of hydrogen-bond acceptors (Lipinski definition) is 2. The van der Waals surface area contributed by atoms with Crippen LogP contribution in [0, 0.1) is 0 Å². The first kappa shape index (κ1) is 14.0. The monoisotopic (exact) mass is 268 g/mol. The SMILES string of the molecule is CCc1ccc(CC(=O)O)c(C(=O)c2ccccc2)c1. The van der Waals surface area contributed by atoms with Crippen LogP contribution >= 0.6 is 0 Å². The van der Waals surface area contributed by atoms with Crippen molar-refractivity contribution in [3.05, 3.63) is 70.8 Å². The van der Waals surface area contributed by atoms with Gasteiger partial charge in [0, 0.05) is 11.1 Å². The van der Waals surface area contributed by atoms with Crippen molar-refractivity contribution in [2.24, 2.45) is 0 Å². The minimum atomic E-state index is -0.934. The number of aryl methyl sites for hydroxylation is 1. The van der Waals surface area contributed by atoms with Crippen molar-refractivity contribution >= 4 is 11.8 Å². The minimum Gasteiger partial charge on any atom is -0.481 e. The molecule has 0 spiro atoms. The Kier molecular flexibility index (Phi) is 4.31. The second-order valence-corrected chi connectivity index (χ2v) is 4.61. The van der Waals surface area contributed by atoms with Crippen LogP contribution in [0.5, 0.6) is 0 Å². The van der Waals surface area contributed by atoms with E-state index in [1.165, 1.54) is 0 Å². The van der Waals surface area contributed by atoms with Crippen molar-refractivity contribution in [1.82, 2.24) is 0 Å². The number of benzene rings is 2. The fraction of sp³-hybridized carbons (Fsp3) is 0.176. The van der Waals surface area contributed by atoms with Gasteiger partial charge in [0.25, 0.3) is 0 Å². The predicted octanol–water partition coefficient (Wildman–Crippen LogP) is 3.11. The first-order valence-electron chi connectivity index (χ1n) is 6.55. The summed E-state index contributed by atoms with van der Waals surface area (Å²) in [5.74, 6) is -1.06. The van der Waals surface area contributed by atoms with Crippen molar-refractivity contribution in [1.29, 1.82) is 0 Å². The Hall–Kier alpha value is -2.42. The van der Waals surface area contributed by atoms with Gasteiger partial charge in [0.1, 0.15) is 0 Å². The normalized spacial score (nSPS) is 10.2. The van der Waals surface area contributed by atoms with Gasteiger partial charge in [-0.3, -0.25) is 9.59 Å². The Morgan fingerprint density at radius 1 is 1.05 bits per heavy atom. The molecule has 0 bridgehead atoms. The smallest absolute Gasteiger partial charge is 0.307 e. The molecule has 20 heavy (non-hydrogen) atoms. The van der Waals surface area contributed by atoms with Gasteiger partial charge in [0.15, 0.2) is 5.78 Å². The van der Waals surface area contributed by atoms with Crippen molar-refractivity contribution in [2.75, 3.05) is 0 Å². The van der Waals surface area contributed by atoms with Crippen molar-refractivity contribution in [2.45, 2.75) is 19.8 Å². The van der Waals surface area contributed by atoms with E-state index in [0.29, 0.717) is 16.7 Å². The lowest BCUT2D eigenvalue weighted by atomic mass is 9.94. The topological polar surface area (TPSA) is 54.4 Å². The molecule has 0 radical (unpaired) electrons. The van der Waals surface area contributed by atoms with E-state index in [1.807, 2.05) is 19.1 Å². The Morgan fingerprint density at radius 2 is 1.75 bits per heavy atom. The Labute approximate surface area is 117 Å². The average Bonchev–Trinajstić information content (AvgIpc) is 2.47. The Morgan fingerprint density at radius 3 is 2.35 bits per heavy atom. The molecule has 2 rings (SSSR count). The van der Waals surface area contributed by atoms with Gasteiger partial charge in [0.05, 0.1) is 6.42 Å². The van der Waals surface area contributed by atoms with Crippen LogP contribution in [0.25, 0.3) is 0 Å². The summed E-state index contributed by atoms with van der Waals surface area (Å²) in [6.07, 6.45) is 0.667. The highest BCUT2D eigenvalue weighted by molar-refractivity contribution is 6.10. The molecule has 0 unspecified atom stereocenters. The number of carbonyl (C=O) groups excluding carboxylic acids is 1. The summed E-state index contributed by atoms with van der Waals surface area (Å²) in [4.78, 5) is 23.4. The van der Waals surface area contributed by atoms with E-state index >= 15 is 0 Å². The molecule has 3 nitrogen and oxygen atoms in total. The van der Waals surface area contributed by atoms with Crippen LogP contribution in [-0.2, 0) is 17.6 Å². The number of carboxylic acid groups (broad SMARTS) is 1. The maximum atomic E-state index is 12.5. The van der Waals surface area contributed by atoms with E-state index < -0.39 is 5.97 Å². The van der Waals surface area contributed by atoms with Crippen molar-refractivity contribution in [3.8, 4) is 0 Å². The molecule has 102 valence electrons. The van der Waals surface area contributed by atoms with E-state index in [0.717, 1.165) is 12.0 Å². The zero-order chi connectivity index (χ0) is 14.5. The average molecular weight is 268 g/mol. The van der Waals surface area contributed by atoms with Crippen LogP contribution in [0.2, 0.25) is 0 Å². The van der Waals surface area contributed by atoms with Crippen LogP contribution in [0.3, 0.4) is 0 Å². The Balaban J connectivity index is 2.47.